The average Bonchev–Trinajstić information content (AvgIpc) is 2.85. The number of methoxy groups -OCH3 is 1. The predicted octanol–water partition coefficient (Wildman–Crippen LogP) is 4.31. The molecule has 1 amide bonds. The van der Waals surface area contributed by atoms with E-state index >= 15 is 4.39 Å². The normalized spacial score (nSPS) is 19.1. The number of alkyl halides is 4. The number of benzene rings is 2. The maximum Gasteiger partial charge on any atom is 0.416 e. The van der Waals surface area contributed by atoms with Gasteiger partial charge in [0.15, 0.2) is 0 Å². The number of carbonyl (C=O) groups excluding carboxylic acids is 2. The van der Waals surface area contributed by atoms with E-state index in [4.69, 9.17) is 11.6 Å². The topological polar surface area (TPSA) is 55.4 Å². The Hall–Kier alpha value is -2.61. The molecule has 2 aromatic carbocycles. The summed E-state index contributed by atoms with van der Waals surface area (Å²) in [6.45, 7) is 0. The number of amides is 1. The summed E-state index contributed by atoms with van der Waals surface area (Å²) in [6, 6.07) is 6.37. The molecular formula is C17H10ClF4NO3. The quantitative estimate of drug-likeness (QED) is 0.617. The van der Waals surface area contributed by atoms with Gasteiger partial charge in [0.25, 0.3) is 5.91 Å². The van der Waals surface area contributed by atoms with E-state index in [1.54, 1.807) is 0 Å². The molecule has 0 spiro atoms. The maximum atomic E-state index is 15.9. The summed E-state index contributed by atoms with van der Waals surface area (Å²) in [5.41, 5.74) is -5.57. The number of carbonyl (C=O) groups is 2. The van der Waals surface area contributed by atoms with E-state index in [-0.39, 0.29) is 11.1 Å². The average molecular weight is 388 g/mol. The van der Waals surface area contributed by atoms with Gasteiger partial charge < -0.3 is 10.1 Å². The molecule has 2 aromatic rings. The second-order valence-corrected chi connectivity index (χ2v) is 5.94. The highest BCUT2D eigenvalue weighted by molar-refractivity contribution is 6.33. The number of esters is 1. The fourth-order valence-electron chi connectivity index (χ4n) is 2.87. The zero-order chi connectivity index (χ0) is 19.3. The van der Waals surface area contributed by atoms with Crippen molar-refractivity contribution < 1.29 is 31.9 Å². The molecule has 0 saturated carbocycles. The van der Waals surface area contributed by atoms with Crippen LogP contribution in [0.3, 0.4) is 0 Å². The summed E-state index contributed by atoms with van der Waals surface area (Å²) >= 11 is 5.90. The number of anilines is 1. The van der Waals surface area contributed by atoms with E-state index < -0.39 is 45.6 Å². The third-order valence-corrected chi connectivity index (χ3v) is 4.32. The highest BCUT2D eigenvalue weighted by Crippen LogP contribution is 2.50. The van der Waals surface area contributed by atoms with Crippen molar-refractivity contribution in [1.29, 1.82) is 0 Å². The van der Waals surface area contributed by atoms with E-state index in [0.717, 1.165) is 7.11 Å². The third kappa shape index (κ3) is 2.61. The molecule has 0 aromatic heterocycles. The van der Waals surface area contributed by atoms with Crippen molar-refractivity contribution in [2.75, 3.05) is 12.4 Å². The Labute approximate surface area is 149 Å². The van der Waals surface area contributed by atoms with E-state index in [1.165, 1.54) is 24.3 Å². The fourth-order valence-corrected chi connectivity index (χ4v) is 3.22. The van der Waals surface area contributed by atoms with Gasteiger partial charge in [-0.3, -0.25) is 4.79 Å². The van der Waals surface area contributed by atoms with Crippen molar-refractivity contribution in [2.24, 2.45) is 0 Å². The molecular weight excluding hydrogens is 378 g/mol. The van der Waals surface area contributed by atoms with Crippen molar-refractivity contribution in [2.45, 2.75) is 11.8 Å². The van der Waals surface area contributed by atoms with Gasteiger partial charge >= 0.3 is 12.1 Å². The SMILES string of the molecule is COC(=O)c1ccccc1C1(F)C(=O)Nc2cc(C(F)(F)F)cc(Cl)c21. The van der Waals surface area contributed by atoms with Crippen LogP contribution in [-0.2, 0) is 21.4 Å². The van der Waals surface area contributed by atoms with Crippen LogP contribution in [0, 0.1) is 0 Å². The molecule has 9 heteroatoms. The molecule has 1 unspecified atom stereocenters. The Morgan fingerprint density at radius 3 is 2.50 bits per heavy atom. The first-order chi connectivity index (χ1) is 12.1. The highest BCUT2D eigenvalue weighted by atomic mass is 35.5. The number of hydrogen-bond donors (Lipinski definition) is 1. The van der Waals surface area contributed by atoms with Gasteiger partial charge in [-0.05, 0) is 18.2 Å². The molecule has 4 nitrogen and oxygen atoms in total. The number of rotatable bonds is 2. The molecule has 0 radical (unpaired) electrons. The molecule has 0 fully saturated rings. The van der Waals surface area contributed by atoms with Crippen molar-refractivity contribution in [3.05, 3.63) is 63.7 Å². The molecule has 3 rings (SSSR count). The van der Waals surface area contributed by atoms with E-state index in [0.29, 0.717) is 12.1 Å². The second kappa shape index (κ2) is 5.98. The highest BCUT2D eigenvalue weighted by Gasteiger charge is 2.53. The summed E-state index contributed by atoms with van der Waals surface area (Å²) < 4.78 is 59.3. The van der Waals surface area contributed by atoms with Crippen LogP contribution >= 0.6 is 11.6 Å². The van der Waals surface area contributed by atoms with Gasteiger partial charge in [-0.1, -0.05) is 29.8 Å². The first kappa shape index (κ1) is 18.2. The third-order valence-electron chi connectivity index (χ3n) is 4.03. The molecule has 0 bridgehead atoms. The summed E-state index contributed by atoms with van der Waals surface area (Å²) in [6.07, 6.45) is -4.73. The molecule has 0 saturated heterocycles. The van der Waals surface area contributed by atoms with Crippen LogP contribution in [0.5, 0.6) is 0 Å². The van der Waals surface area contributed by atoms with Crippen molar-refractivity contribution in [1.82, 2.24) is 0 Å². The van der Waals surface area contributed by atoms with Crippen LogP contribution < -0.4 is 5.32 Å². The predicted molar refractivity (Wildman–Crippen MR) is 84.8 cm³/mol. The van der Waals surface area contributed by atoms with E-state index in [2.05, 4.69) is 10.1 Å². The van der Waals surface area contributed by atoms with Gasteiger partial charge in [0.2, 0.25) is 5.67 Å². The number of halogens is 5. The molecule has 1 aliphatic rings. The fraction of sp³-hybridized carbons (Fsp3) is 0.176. The van der Waals surface area contributed by atoms with Gasteiger partial charge in [0, 0.05) is 11.1 Å². The lowest BCUT2D eigenvalue weighted by Gasteiger charge is -2.22. The minimum atomic E-state index is -4.73. The van der Waals surface area contributed by atoms with Crippen LogP contribution in [0.4, 0.5) is 23.2 Å². The molecule has 1 atom stereocenters. The lowest BCUT2D eigenvalue weighted by atomic mass is 9.85. The first-order valence-corrected chi connectivity index (χ1v) is 7.58. The Kier molecular flexibility index (Phi) is 4.18. The van der Waals surface area contributed by atoms with Gasteiger partial charge in [0.1, 0.15) is 0 Å². The van der Waals surface area contributed by atoms with Gasteiger partial charge in [-0.2, -0.15) is 13.2 Å². The van der Waals surface area contributed by atoms with Gasteiger partial charge in [-0.25, -0.2) is 9.18 Å². The largest absolute Gasteiger partial charge is 0.465 e. The second-order valence-electron chi connectivity index (χ2n) is 5.53. The van der Waals surface area contributed by atoms with Crippen LogP contribution in [0.15, 0.2) is 36.4 Å². The number of hydrogen-bond acceptors (Lipinski definition) is 3. The van der Waals surface area contributed by atoms with E-state index in [9.17, 15) is 22.8 Å². The molecule has 0 aliphatic carbocycles. The van der Waals surface area contributed by atoms with Crippen molar-refractivity contribution in [3.63, 3.8) is 0 Å². The molecule has 1 N–H and O–H groups in total. The summed E-state index contributed by atoms with van der Waals surface area (Å²) in [7, 11) is 1.08. The zero-order valence-corrected chi connectivity index (χ0v) is 13.8. The lowest BCUT2D eigenvalue weighted by molar-refractivity contribution is -0.137. The number of nitrogens with one attached hydrogen (secondary N) is 1. The monoisotopic (exact) mass is 387 g/mol. The van der Waals surface area contributed by atoms with Gasteiger partial charge in [0.05, 0.1) is 28.9 Å². The first-order valence-electron chi connectivity index (χ1n) is 7.20. The zero-order valence-electron chi connectivity index (χ0n) is 13.1. The maximum absolute atomic E-state index is 15.9. The minimum absolute atomic E-state index is 0.239. The van der Waals surface area contributed by atoms with Crippen LogP contribution in [0.1, 0.15) is 27.0 Å². The smallest absolute Gasteiger partial charge is 0.416 e. The summed E-state index contributed by atoms with van der Waals surface area (Å²) in [5, 5.41) is 1.49. The van der Waals surface area contributed by atoms with Gasteiger partial charge in [-0.15, -0.1) is 0 Å². The van der Waals surface area contributed by atoms with Crippen LogP contribution in [0.25, 0.3) is 0 Å². The van der Waals surface area contributed by atoms with E-state index in [1.807, 2.05) is 0 Å². The summed E-state index contributed by atoms with van der Waals surface area (Å²) in [5.74, 6) is -2.15. The molecule has 1 aliphatic heterocycles. The van der Waals surface area contributed by atoms with Crippen molar-refractivity contribution in [3.8, 4) is 0 Å². The number of ether oxygens (including phenoxy) is 1. The Balaban J connectivity index is 2.27. The Morgan fingerprint density at radius 1 is 1.23 bits per heavy atom. The van der Waals surface area contributed by atoms with Crippen molar-refractivity contribution >= 4 is 29.2 Å². The minimum Gasteiger partial charge on any atom is -0.465 e. The standard InChI is InChI=1S/C17H10ClF4NO3/c1-26-14(24)9-4-2-3-5-10(9)16(19)13-11(18)6-8(17(20,21)22)7-12(13)23-15(16)25/h2-7H,1H3,(H,23,25). The summed E-state index contributed by atoms with van der Waals surface area (Å²) in [4.78, 5) is 24.3. The molecule has 26 heavy (non-hydrogen) atoms. The molecule has 1 heterocycles. The Bertz CT molecular complexity index is 929. The van der Waals surface area contributed by atoms with Crippen LogP contribution in [0.2, 0.25) is 5.02 Å². The molecule has 136 valence electrons. The Morgan fingerprint density at radius 2 is 1.88 bits per heavy atom. The lowest BCUT2D eigenvalue weighted by Crippen LogP contribution is -2.33. The van der Waals surface area contributed by atoms with Crippen LogP contribution in [-0.4, -0.2) is 19.0 Å². The number of fused-ring (bicyclic) bond motifs is 1.